The van der Waals surface area contributed by atoms with Crippen LogP contribution in [0.3, 0.4) is 0 Å². The van der Waals surface area contributed by atoms with Crippen molar-refractivity contribution in [2.75, 3.05) is 26.3 Å². The highest BCUT2D eigenvalue weighted by Crippen LogP contribution is 2.20. The van der Waals surface area contributed by atoms with Crippen LogP contribution in [0.25, 0.3) is 0 Å². The van der Waals surface area contributed by atoms with Gasteiger partial charge in [0.1, 0.15) is 6.04 Å². The number of halogens is 1. The standard InChI is InChI=1S/C20H32FN3O2/c21-12-5-14-24(15-11-18(22)20(25)26)13-4-3-7-17-10-9-16-6-1-2-8-19(16)23-17/h9-10,18H,1-8,11-15,22H2,(H,25,26)/t18-/m1/s1. The number of fused-ring (bicyclic) bond motifs is 1. The second kappa shape index (κ2) is 11.2. The fourth-order valence-electron chi connectivity index (χ4n) is 3.47. The summed E-state index contributed by atoms with van der Waals surface area (Å²) in [6, 6.07) is 3.54. The van der Waals surface area contributed by atoms with Gasteiger partial charge in [0.15, 0.2) is 0 Å². The molecule has 0 aromatic carbocycles. The van der Waals surface area contributed by atoms with E-state index in [1.165, 1.54) is 24.1 Å². The molecule has 0 spiro atoms. The van der Waals surface area contributed by atoms with Gasteiger partial charge in [0.2, 0.25) is 0 Å². The molecule has 1 aromatic heterocycles. The molecule has 0 aliphatic heterocycles. The first-order valence-electron chi connectivity index (χ1n) is 9.84. The normalized spacial score (nSPS) is 15.0. The number of nitrogens with zero attached hydrogens (tertiary/aromatic N) is 2. The molecule has 0 radical (unpaired) electrons. The van der Waals surface area contributed by atoms with Crippen LogP contribution in [0.4, 0.5) is 4.39 Å². The molecule has 1 atom stereocenters. The topological polar surface area (TPSA) is 79.5 Å². The Hall–Kier alpha value is -1.53. The predicted molar refractivity (Wildman–Crippen MR) is 101 cm³/mol. The number of alkyl halides is 1. The van der Waals surface area contributed by atoms with E-state index >= 15 is 0 Å². The molecule has 3 N–H and O–H groups in total. The average molecular weight is 365 g/mol. The van der Waals surface area contributed by atoms with E-state index in [1.807, 2.05) is 0 Å². The molecule has 1 aliphatic rings. The summed E-state index contributed by atoms with van der Waals surface area (Å²) in [5.74, 6) is -0.978. The van der Waals surface area contributed by atoms with Gasteiger partial charge in [0, 0.05) is 24.5 Å². The van der Waals surface area contributed by atoms with Gasteiger partial charge < -0.3 is 15.7 Å². The van der Waals surface area contributed by atoms with Gasteiger partial charge in [-0.25, -0.2) is 0 Å². The lowest BCUT2D eigenvalue weighted by atomic mass is 9.95. The van der Waals surface area contributed by atoms with Crippen molar-refractivity contribution in [1.29, 1.82) is 0 Å². The van der Waals surface area contributed by atoms with Gasteiger partial charge in [0.05, 0.1) is 6.67 Å². The minimum Gasteiger partial charge on any atom is -0.480 e. The van der Waals surface area contributed by atoms with Crippen molar-refractivity contribution < 1.29 is 14.3 Å². The van der Waals surface area contributed by atoms with Crippen LogP contribution in [-0.2, 0) is 24.1 Å². The van der Waals surface area contributed by atoms with Crippen molar-refractivity contribution in [3.8, 4) is 0 Å². The zero-order valence-electron chi connectivity index (χ0n) is 15.6. The van der Waals surface area contributed by atoms with E-state index in [2.05, 4.69) is 17.0 Å². The molecule has 146 valence electrons. The van der Waals surface area contributed by atoms with Gasteiger partial charge >= 0.3 is 5.97 Å². The summed E-state index contributed by atoms with van der Waals surface area (Å²) in [6.45, 7) is 1.75. The Labute approximate surface area is 155 Å². The summed E-state index contributed by atoms with van der Waals surface area (Å²) in [5.41, 5.74) is 9.42. The van der Waals surface area contributed by atoms with Gasteiger partial charge in [0.25, 0.3) is 0 Å². The maximum atomic E-state index is 12.5. The van der Waals surface area contributed by atoms with E-state index < -0.39 is 12.0 Å². The van der Waals surface area contributed by atoms with E-state index in [1.54, 1.807) is 0 Å². The molecule has 0 fully saturated rings. The quantitative estimate of drug-likeness (QED) is 0.557. The van der Waals surface area contributed by atoms with Crippen LogP contribution < -0.4 is 5.73 Å². The van der Waals surface area contributed by atoms with Crippen LogP contribution in [0, 0.1) is 0 Å². The van der Waals surface area contributed by atoms with E-state index in [4.69, 9.17) is 15.8 Å². The minimum atomic E-state index is -0.978. The first kappa shape index (κ1) is 20.8. The van der Waals surface area contributed by atoms with Gasteiger partial charge in [-0.05, 0) is 76.0 Å². The number of carboxylic acids is 1. The minimum absolute atomic E-state index is 0.347. The number of aryl methyl sites for hydroxylation is 3. The lowest BCUT2D eigenvalue weighted by Gasteiger charge is -2.22. The number of aliphatic carboxylic acids is 1. The Bertz CT molecular complexity index is 568. The van der Waals surface area contributed by atoms with Crippen LogP contribution in [0.1, 0.15) is 55.5 Å². The Kier molecular flexibility index (Phi) is 8.98. The second-order valence-electron chi connectivity index (χ2n) is 7.19. The number of hydrogen-bond donors (Lipinski definition) is 2. The molecule has 2 rings (SSSR count). The SMILES string of the molecule is N[C@H](CCN(CCCF)CCCCc1ccc2c(n1)CCCC2)C(=O)O. The number of rotatable bonds is 12. The van der Waals surface area contributed by atoms with Crippen molar-refractivity contribution in [1.82, 2.24) is 9.88 Å². The second-order valence-corrected chi connectivity index (χ2v) is 7.19. The molecule has 0 bridgehead atoms. The molecule has 0 saturated carbocycles. The lowest BCUT2D eigenvalue weighted by Crippen LogP contribution is -2.36. The molecule has 0 saturated heterocycles. The summed E-state index contributed by atoms with van der Waals surface area (Å²) in [5, 5.41) is 8.88. The number of hydrogen-bond acceptors (Lipinski definition) is 4. The first-order valence-corrected chi connectivity index (χ1v) is 9.84. The van der Waals surface area contributed by atoms with Crippen LogP contribution in [0.5, 0.6) is 0 Å². The molecule has 5 nitrogen and oxygen atoms in total. The fourth-order valence-corrected chi connectivity index (χ4v) is 3.47. The Morgan fingerprint density at radius 3 is 2.73 bits per heavy atom. The van der Waals surface area contributed by atoms with Gasteiger partial charge in [-0.1, -0.05) is 6.07 Å². The van der Waals surface area contributed by atoms with Crippen molar-refractivity contribution in [3.63, 3.8) is 0 Å². The summed E-state index contributed by atoms with van der Waals surface area (Å²) in [6.07, 6.45) is 8.63. The van der Waals surface area contributed by atoms with Crippen LogP contribution in [0.15, 0.2) is 12.1 Å². The maximum Gasteiger partial charge on any atom is 0.320 e. The predicted octanol–water partition coefficient (Wildman–Crippen LogP) is 2.75. The van der Waals surface area contributed by atoms with E-state index in [-0.39, 0.29) is 6.67 Å². The van der Waals surface area contributed by atoms with Crippen molar-refractivity contribution in [2.24, 2.45) is 5.73 Å². The maximum absolute atomic E-state index is 12.5. The zero-order chi connectivity index (χ0) is 18.8. The van der Waals surface area contributed by atoms with Gasteiger partial charge in [-0.3, -0.25) is 14.2 Å². The number of pyridine rings is 1. The van der Waals surface area contributed by atoms with Crippen molar-refractivity contribution in [2.45, 2.75) is 63.8 Å². The largest absolute Gasteiger partial charge is 0.480 e. The third-order valence-electron chi connectivity index (χ3n) is 5.07. The molecule has 1 aromatic rings. The zero-order valence-corrected chi connectivity index (χ0v) is 15.6. The molecule has 0 unspecified atom stereocenters. The number of unbranched alkanes of at least 4 members (excludes halogenated alkanes) is 1. The Balaban J connectivity index is 1.73. The number of nitrogens with two attached hydrogens (primary N) is 1. The molecule has 0 amide bonds. The summed E-state index contributed by atoms with van der Waals surface area (Å²) < 4.78 is 12.5. The molecular formula is C20H32FN3O2. The van der Waals surface area contributed by atoms with Crippen LogP contribution >= 0.6 is 0 Å². The summed E-state index contributed by atoms with van der Waals surface area (Å²) in [4.78, 5) is 17.8. The number of aromatic nitrogens is 1. The third kappa shape index (κ3) is 7.00. The number of carbonyl (C=O) groups is 1. The van der Waals surface area contributed by atoms with Crippen molar-refractivity contribution in [3.05, 3.63) is 29.1 Å². The molecule has 1 aliphatic carbocycles. The summed E-state index contributed by atoms with van der Waals surface area (Å²) >= 11 is 0. The smallest absolute Gasteiger partial charge is 0.320 e. The van der Waals surface area contributed by atoms with E-state index in [0.29, 0.717) is 25.9 Å². The number of carboxylic acid groups (broad SMARTS) is 1. The Morgan fingerprint density at radius 1 is 1.19 bits per heavy atom. The monoisotopic (exact) mass is 365 g/mol. The summed E-state index contributed by atoms with van der Waals surface area (Å²) in [7, 11) is 0. The molecule has 6 heteroatoms. The molecule has 26 heavy (non-hydrogen) atoms. The highest BCUT2D eigenvalue weighted by molar-refractivity contribution is 5.72. The fraction of sp³-hybridized carbons (Fsp3) is 0.700. The van der Waals surface area contributed by atoms with Crippen LogP contribution in [-0.4, -0.2) is 53.3 Å². The highest BCUT2D eigenvalue weighted by Gasteiger charge is 2.14. The van der Waals surface area contributed by atoms with Gasteiger partial charge in [-0.2, -0.15) is 0 Å². The van der Waals surface area contributed by atoms with Crippen molar-refractivity contribution >= 4 is 5.97 Å². The molecule has 1 heterocycles. The highest BCUT2D eigenvalue weighted by atomic mass is 19.1. The first-order chi connectivity index (χ1) is 12.6. The van der Waals surface area contributed by atoms with Gasteiger partial charge in [-0.15, -0.1) is 0 Å². The molecular weight excluding hydrogens is 333 g/mol. The Morgan fingerprint density at radius 2 is 1.96 bits per heavy atom. The van der Waals surface area contributed by atoms with E-state index in [9.17, 15) is 9.18 Å². The lowest BCUT2D eigenvalue weighted by molar-refractivity contribution is -0.138. The van der Waals surface area contributed by atoms with E-state index in [0.717, 1.165) is 44.3 Å². The third-order valence-corrected chi connectivity index (χ3v) is 5.07. The van der Waals surface area contributed by atoms with Crippen LogP contribution in [0.2, 0.25) is 0 Å². The average Bonchev–Trinajstić information content (AvgIpc) is 2.66.